The molecule has 1 aliphatic heterocycles. The van der Waals surface area contributed by atoms with Gasteiger partial charge in [0.2, 0.25) is 0 Å². The first-order chi connectivity index (χ1) is 9.26. The number of ether oxygens (including phenoxy) is 1. The molecule has 1 atom stereocenters. The summed E-state index contributed by atoms with van der Waals surface area (Å²) < 4.78 is 5.11. The average Bonchev–Trinajstić information content (AvgIpc) is 2.65. The van der Waals surface area contributed by atoms with Crippen LogP contribution in [0.25, 0.3) is 0 Å². The van der Waals surface area contributed by atoms with Gasteiger partial charge in [-0.05, 0) is 20.3 Å². The van der Waals surface area contributed by atoms with Crippen LogP contribution in [0.15, 0.2) is 0 Å². The van der Waals surface area contributed by atoms with Gasteiger partial charge >= 0.3 is 12.1 Å². The number of rotatable bonds is 3. The zero-order valence-corrected chi connectivity index (χ0v) is 11.8. The fourth-order valence-corrected chi connectivity index (χ4v) is 1.60. The van der Waals surface area contributed by atoms with E-state index in [9.17, 15) is 9.59 Å². The second kappa shape index (κ2) is 7.59. The molecule has 0 aliphatic carbocycles. The van der Waals surface area contributed by atoms with Crippen LogP contribution in [0.3, 0.4) is 0 Å². The Kier molecular flexibility index (Phi) is 6.84. The van der Waals surface area contributed by atoms with E-state index >= 15 is 0 Å². The lowest BCUT2D eigenvalue weighted by atomic mass is 9.90. The Morgan fingerprint density at radius 1 is 1.35 bits per heavy atom. The van der Waals surface area contributed by atoms with Crippen molar-refractivity contribution in [2.45, 2.75) is 45.6 Å². The molecule has 0 spiro atoms. The van der Waals surface area contributed by atoms with Gasteiger partial charge in [-0.1, -0.05) is 18.8 Å². The van der Waals surface area contributed by atoms with E-state index in [1.807, 2.05) is 0 Å². The molecule has 1 saturated heterocycles. The molecular weight excluding hydrogens is 264 g/mol. The zero-order valence-electron chi connectivity index (χ0n) is 11.8. The molecule has 6 heteroatoms. The van der Waals surface area contributed by atoms with E-state index in [-0.39, 0.29) is 31.4 Å². The van der Waals surface area contributed by atoms with Gasteiger partial charge in [-0.2, -0.15) is 9.59 Å². The molecule has 0 aromatic rings. The topological polar surface area (TPSA) is 97.7 Å². The van der Waals surface area contributed by atoms with E-state index in [2.05, 4.69) is 11.8 Å². The Morgan fingerprint density at radius 3 is 2.25 bits per heavy atom. The number of aliphatic hydroxyl groups excluding tert-OH is 1. The standard InChI is InChI=1S/C13H18O4.CO2/c1-4-13(10(15)8-11(16)17-13)7-5-6-12(2,3)9-14;2-1-3/h14H,4,7-9H2,1-3H3;/t13-;/m0./s1. The van der Waals surface area contributed by atoms with Crippen LogP contribution in [-0.2, 0) is 23.9 Å². The fraction of sp³-hybridized carbons (Fsp3) is 0.643. The van der Waals surface area contributed by atoms with E-state index in [4.69, 9.17) is 19.4 Å². The van der Waals surface area contributed by atoms with Gasteiger partial charge in [-0.3, -0.25) is 9.59 Å². The first-order valence-corrected chi connectivity index (χ1v) is 6.12. The van der Waals surface area contributed by atoms with Crippen LogP contribution in [0.5, 0.6) is 0 Å². The van der Waals surface area contributed by atoms with Crippen molar-refractivity contribution in [2.24, 2.45) is 5.41 Å². The van der Waals surface area contributed by atoms with Crippen LogP contribution < -0.4 is 0 Å². The minimum absolute atomic E-state index is 0.0488. The number of Topliss-reactive ketones (excluding diaryl/α,β-unsaturated/α-hetero) is 1. The largest absolute Gasteiger partial charge is 0.450 e. The van der Waals surface area contributed by atoms with Crippen LogP contribution in [0.1, 0.15) is 40.0 Å². The number of hydrogen-bond donors (Lipinski definition) is 1. The Morgan fingerprint density at radius 2 is 1.90 bits per heavy atom. The van der Waals surface area contributed by atoms with Gasteiger partial charge in [0.15, 0.2) is 11.4 Å². The molecule has 6 nitrogen and oxygen atoms in total. The smallest absolute Gasteiger partial charge is 0.373 e. The predicted molar refractivity (Wildman–Crippen MR) is 67.0 cm³/mol. The molecule has 1 heterocycles. The summed E-state index contributed by atoms with van der Waals surface area (Å²) in [6, 6.07) is 0. The van der Waals surface area contributed by atoms with Crippen LogP contribution in [0.4, 0.5) is 0 Å². The molecule has 1 aliphatic rings. The van der Waals surface area contributed by atoms with Crippen LogP contribution in [0.2, 0.25) is 0 Å². The minimum Gasteiger partial charge on any atom is -0.450 e. The second-order valence-electron chi connectivity index (χ2n) is 5.03. The fourth-order valence-electron chi connectivity index (χ4n) is 1.60. The second-order valence-corrected chi connectivity index (χ2v) is 5.03. The number of carbonyl (C=O) groups excluding carboxylic acids is 4. The Labute approximate surface area is 117 Å². The maximum Gasteiger partial charge on any atom is 0.373 e. The van der Waals surface area contributed by atoms with Gasteiger partial charge in [0.25, 0.3) is 0 Å². The Bertz CT molecular complexity index is 462. The number of aliphatic hydroxyl groups is 1. The summed E-state index contributed by atoms with van der Waals surface area (Å²) in [5.41, 5.74) is -1.56. The molecular formula is C14H18O6. The zero-order chi connectivity index (χ0) is 15.8. The van der Waals surface area contributed by atoms with Crippen molar-refractivity contribution < 1.29 is 29.0 Å². The van der Waals surface area contributed by atoms with E-state index in [0.29, 0.717) is 6.42 Å². The summed E-state index contributed by atoms with van der Waals surface area (Å²) >= 11 is 0. The summed E-state index contributed by atoms with van der Waals surface area (Å²) in [7, 11) is 0. The molecule has 20 heavy (non-hydrogen) atoms. The SMILES string of the molecule is CC[C@@]1(CC#CC(C)(C)CO)OC(=O)CC1=O.O=C=O. The molecule has 0 aromatic heterocycles. The molecule has 110 valence electrons. The maximum atomic E-state index is 11.7. The van der Waals surface area contributed by atoms with Crippen LogP contribution >= 0.6 is 0 Å². The first-order valence-electron chi connectivity index (χ1n) is 6.12. The Hall–Kier alpha value is -1.96. The highest BCUT2D eigenvalue weighted by Gasteiger charge is 2.46. The lowest BCUT2D eigenvalue weighted by molar-refractivity contribution is -0.191. The van der Waals surface area contributed by atoms with E-state index in [1.54, 1.807) is 20.8 Å². The summed E-state index contributed by atoms with van der Waals surface area (Å²) in [5.74, 6) is 5.07. The lowest BCUT2D eigenvalue weighted by Crippen LogP contribution is -2.34. The normalized spacial score (nSPS) is 21.0. The first kappa shape index (κ1) is 18.0. The van der Waals surface area contributed by atoms with Gasteiger partial charge in [0.05, 0.1) is 13.0 Å². The van der Waals surface area contributed by atoms with Gasteiger partial charge in [0.1, 0.15) is 6.42 Å². The van der Waals surface area contributed by atoms with Gasteiger partial charge in [-0.15, -0.1) is 0 Å². The number of cyclic esters (lactones) is 1. The van der Waals surface area contributed by atoms with Crippen molar-refractivity contribution in [1.82, 2.24) is 0 Å². The third-order valence-electron chi connectivity index (χ3n) is 2.89. The van der Waals surface area contributed by atoms with Crippen molar-refractivity contribution in [2.75, 3.05) is 6.61 Å². The molecule has 0 radical (unpaired) electrons. The highest BCUT2D eigenvalue weighted by molar-refractivity contribution is 6.06. The minimum atomic E-state index is -1.06. The molecule has 0 unspecified atom stereocenters. The molecule has 1 N–H and O–H groups in total. The molecule has 0 bridgehead atoms. The highest BCUT2D eigenvalue weighted by Crippen LogP contribution is 2.29. The van der Waals surface area contributed by atoms with E-state index < -0.39 is 17.0 Å². The number of ketones is 1. The van der Waals surface area contributed by atoms with Crippen molar-refractivity contribution in [3.63, 3.8) is 0 Å². The summed E-state index contributed by atoms with van der Waals surface area (Å²) in [5, 5.41) is 9.05. The number of esters is 1. The van der Waals surface area contributed by atoms with Gasteiger partial charge in [-0.25, -0.2) is 0 Å². The van der Waals surface area contributed by atoms with Gasteiger partial charge in [0, 0.05) is 5.41 Å². The number of carbonyl (C=O) groups is 2. The lowest BCUT2D eigenvalue weighted by Gasteiger charge is -2.22. The number of hydrogen-bond acceptors (Lipinski definition) is 6. The maximum absolute atomic E-state index is 11.7. The quantitative estimate of drug-likeness (QED) is 0.459. The van der Waals surface area contributed by atoms with Crippen LogP contribution in [-0.4, -0.2) is 35.2 Å². The van der Waals surface area contributed by atoms with Crippen molar-refractivity contribution >= 4 is 17.9 Å². The van der Waals surface area contributed by atoms with Crippen molar-refractivity contribution in [1.29, 1.82) is 0 Å². The molecule has 1 rings (SSSR count). The van der Waals surface area contributed by atoms with E-state index in [0.717, 1.165) is 0 Å². The molecule has 0 saturated carbocycles. The van der Waals surface area contributed by atoms with Crippen molar-refractivity contribution in [3.05, 3.63) is 0 Å². The summed E-state index contributed by atoms with van der Waals surface area (Å²) in [6.07, 6.45) is 0.738. The molecule has 1 fully saturated rings. The predicted octanol–water partition coefficient (Wildman–Crippen LogP) is 0.480. The van der Waals surface area contributed by atoms with E-state index in [1.165, 1.54) is 0 Å². The summed E-state index contributed by atoms with van der Waals surface area (Å²) in [4.78, 5) is 39.1. The molecule has 0 aromatic carbocycles. The third kappa shape index (κ3) is 4.96. The van der Waals surface area contributed by atoms with Gasteiger partial charge < -0.3 is 9.84 Å². The summed E-state index contributed by atoms with van der Waals surface area (Å²) in [6.45, 7) is 5.37. The highest BCUT2D eigenvalue weighted by atomic mass is 16.6. The van der Waals surface area contributed by atoms with Crippen molar-refractivity contribution in [3.8, 4) is 11.8 Å². The third-order valence-corrected chi connectivity index (χ3v) is 2.89. The molecule has 0 amide bonds. The monoisotopic (exact) mass is 282 g/mol. The van der Waals surface area contributed by atoms with Crippen LogP contribution in [0, 0.1) is 17.3 Å². The Balaban J connectivity index is 0.00000110. The average molecular weight is 282 g/mol.